The predicted molar refractivity (Wildman–Crippen MR) is 89.2 cm³/mol. The number of carbonyl (C=O) groups is 1. The molecule has 0 amide bonds. The molecule has 0 unspecified atom stereocenters. The summed E-state index contributed by atoms with van der Waals surface area (Å²) in [7, 11) is -4.11. The Bertz CT molecular complexity index is 1160. The van der Waals surface area contributed by atoms with Crippen molar-refractivity contribution in [2.45, 2.75) is 30.4 Å². The average molecular weight is 418 g/mol. The molecule has 0 aliphatic heterocycles. The number of nitrogens with zero attached hydrogens (tertiary/aromatic N) is 3. The average Bonchev–Trinajstić information content (AvgIpc) is 3.18. The Morgan fingerprint density at radius 2 is 2.00 bits per heavy atom. The van der Waals surface area contributed by atoms with Gasteiger partial charge in [0.15, 0.2) is 9.84 Å². The molecule has 0 atom stereocenters. The number of fused-ring (bicyclic) bond motifs is 1. The summed E-state index contributed by atoms with van der Waals surface area (Å²) < 4.78 is 68.1. The van der Waals surface area contributed by atoms with E-state index in [-0.39, 0.29) is 22.5 Å². The molecular formula is C15H13F3N4O5S. The monoisotopic (exact) mass is 418 g/mol. The van der Waals surface area contributed by atoms with Crippen LogP contribution in [0.4, 0.5) is 13.2 Å². The molecule has 0 fully saturated rings. The van der Waals surface area contributed by atoms with Crippen LogP contribution in [-0.2, 0) is 9.84 Å². The Kier molecular flexibility index (Phi) is 4.57. The van der Waals surface area contributed by atoms with Crippen LogP contribution in [-0.4, -0.2) is 50.9 Å². The van der Waals surface area contributed by atoms with E-state index < -0.39 is 38.1 Å². The lowest BCUT2D eigenvalue weighted by Gasteiger charge is -2.15. The van der Waals surface area contributed by atoms with E-state index in [2.05, 4.69) is 19.8 Å². The molecule has 0 saturated heterocycles. The summed E-state index contributed by atoms with van der Waals surface area (Å²) in [4.78, 5) is 17.0. The van der Waals surface area contributed by atoms with Crippen LogP contribution in [0.25, 0.3) is 17.0 Å². The Balaban J connectivity index is 2.18. The molecule has 0 spiro atoms. The van der Waals surface area contributed by atoms with Crippen molar-refractivity contribution in [2.24, 2.45) is 0 Å². The van der Waals surface area contributed by atoms with Crippen LogP contribution in [0, 0.1) is 0 Å². The highest BCUT2D eigenvalue weighted by atomic mass is 32.2. The van der Waals surface area contributed by atoms with Gasteiger partial charge in [0, 0.05) is 12.3 Å². The summed E-state index contributed by atoms with van der Waals surface area (Å²) in [6.45, 7) is 2.65. The number of alkyl halides is 3. The van der Waals surface area contributed by atoms with Crippen molar-refractivity contribution in [1.29, 1.82) is 0 Å². The van der Waals surface area contributed by atoms with E-state index in [4.69, 9.17) is 5.11 Å². The lowest BCUT2D eigenvalue weighted by Crippen LogP contribution is -2.21. The number of carboxylic acid groups (broad SMARTS) is 1. The second-order valence-electron chi connectivity index (χ2n) is 6.00. The van der Waals surface area contributed by atoms with Crippen LogP contribution in [0.15, 0.2) is 29.4 Å². The number of carboxylic acids is 1. The Hall–Kier alpha value is -3.09. The fourth-order valence-electron chi connectivity index (χ4n) is 2.34. The van der Waals surface area contributed by atoms with Crippen molar-refractivity contribution in [2.75, 3.05) is 0 Å². The van der Waals surface area contributed by atoms with Gasteiger partial charge in [-0.15, -0.1) is 13.2 Å². The molecule has 2 heterocycles. The number of nitrogens with one attached hydrogen (secondary N) is 1. The van der Waals surface area contributed by atoms with E-state index in [9.17, 15) is 26.4 Å². The number of imidazole rings is 1. The molecule has 0 aliphatic rings. The van der Waals surface area contributed by atoms with Gasteiger partial charge in [0.1, 0.15) is 10.6 Å². The van der Waals surface area contributed by atoms with Crippen LogP contribution in [0.2, 0.25) is 0 Å². The van der Waals surface area contributed by atoms with E-state index in [0.717, 1.165) is 29.2 Å². The van der Waals surface area contributed by atoms with Crippen LogP contribution < -0.4 is 4.74 Å². The number of halogens is 3. The van der Waals surface area contributed by atoms with Crippen LogP contribution in [0.3, 0.4) is 0 Å². The van der Waals surface area contributed by atoms with Crippen molar-refractivity contribution in [3.05, 3.63) is 30.1 Å². The number of rotatable bonds is 5. The van der Waals surface area contributed by atoms with E-state index in [1.54, 1.807) is 0 Å². The Morgan fingerprint density at radius 3 is 2.54 bits per heavy atom. The first-order chi connectivity index (χ1) is 12.9. The summed E-state index contributed by atoms with van der Waals surface area (Å²) in [6, 6.07) is 1.84. The molecule has 0 bridgehead atoms. The van der Waals surface area contributed by atoms with Gasteiger partial charge < -0.3 is 14.8 Å². The maximum absolute atomic E-state index is 12.7. The van der Waals surface area contributed by atoms with Gasteiger partial charge in [0.05, 0.1) is 28.0 Å². The van der Waals surface area contributed by atoms with Gasteiger partial charge in [-0.1, -0.05) is 0 Å². The fraction of sp³-hybridized carbons (Fsp3) is 0.267. The van der Waals surface area contributed by atoms with Gasteiger partial charge in [-0.05, 0) is 19.9 Å². The van der Waals surface area contributed by atoms with Gasteiger partial charge in [-0.25, -0.2) is 22.9 Å². The smallest absolute Gasteiger partial charge is 0.478 e. The molecule has 2 N–H and O–H groups in total. The number of sulfone groups is 1. The van der Waals surface area contributed by atoms with E-state index in [0.29, 0.717) is 0 Å². The number of aromatic amines is 1. The molecule has 3 rings (SSSR count). The second kappa shape index (κ2) is 6.51. The summed E-state index contributed by atoms with van der Waals surface area (Å²) in [5.74, 6) is -2.15. The molecule has 13 heteroatoms. The number of hydrogen-bond donors (Lipinski definition) is 2. The van der Waals surface area contributed by atoms with Gasteiger partial charge in [0.25, 0.3) is 0 Å². The largest absolute Gasteiger partial charge is 0.573 e. The summed E-state index contributed by atoms with van der Waals surface area (Å²) in [5, 5.41) is 11.7. The lowest BCUT2D eigenvalue weighted by atomic mass is 10.3. The highest BCUT2D eigenvalue weighted by Gasteiger charge is 2.35. The molecule has 0 saturated carbocycles. The fourth-order valence-corrected chi connectivity index (χ4v) is 3.51. The van der Waals surface area contributed by atoms with Gasteiger partial charge in [-0.2, -0.15) is 5.10 Å². The molecule has 28 heavy (non-hydrogen) atoms. The maximum atomic E-state index is 12.7. The highest BCUT2D eigenvalue weighted by molar-refractivity contribution is 7.92. The highest BCUT2D eigenvalue weighted by Crippen LogP contribution is 2.35. The van der Waals surface area contributed by atoms with E-state index >= 15 is 0 Å². The van der Waals surface area contributed by atoms with E-state index in [1.807, 2.05) is 0 Å². The molecule has 2 aromatic heterocycles. The van der Waals surface area contributed by atoms with E-state index in [1.165, 1.54) is 13.8 Å². The zero-order valence-corrected chi connectivity index (χ0v) is 15.2. The molecular weight excluding hydrogens is 405 g/mol. The van der Waals surface area contributed by atoms with Crippen molar-refractivity contribution in [1.82, 2.24) is 19.7 Å². The minimum Gasteiger partial charge on any atom is -0.478 e. The minimum absolute atomic E-state index is 0.0143. The molecule has 9 nitrogen and oxygen atoms in total. The van der Waals surface area contributed by atoms with Crippen LogP contribution in [0.5, 0.6) is 5.75 Å². The zero-order valence-electron chi connectivity index (χ0n) is 14.4. The summed E-state index contributed by atoms with van der Waals surface area (Å²) in [5.41, 5.74) is -0.0509. The van der Waals surface area contributed by atoms with Crippen molar-refractivity contribution in [3.63, 3.8) is 0 Å². The topological polar surface area (TPSA) is 127 Å². The normalized spacial score (nSPS) is 12.6. The molecule has 150 valence electrons. The lowest BCUT2D eigenvalue weighted by molar-refractivity contribution is -0.275. The van der Waals surface area contributed by atoms with Crippen molar-refractivity contribution in [3.8, 4) is 11.7 Å². The molecule has 3 aromatic rings. The zero-order chi connectivity index (χ0) is 20.9. The second-order valence-corrected chi connectivity index (χ2v) is 8.47. The third-order valence-corrected chi connectivity index (χ3v) is 5.91. The Morgan fingerprint density at radius 1 is 1.32 bits per heavy atom. The maximum Gasteiger partial charge on any atom is 0.573 e. The van der Waals surface area contributed by atoms with Crippen molar-refractivity contribution >= 4 is 26.8 Å². The SMILES string of the molecule is CC(C)S(=O)(=O)c1cc2[nH]c(-n3cc(C(=O)O)cn3)nc2cc1OC(F)(F)F. The minimum atomic E-state index is -5.10. The number of H-pyrrole nitrogens is 1. The first kappa shape index (κ1) is 19.7. The number of aromatic nitrogens is 4. The van der Waals surface area contributed by atoms with Gasteiger partial charge >= 0.3 is 12.3 Å². The Labute approximate surface area is 155 Å². The van der Waals surface area contributed by atoms with Crippen molar-refractivity contribution < 1.29 is 36.2 Å². The third-order valence-electron chi connectivity index (χ3n) is 3.73. The quantitative estimate of drug-likeness (QED) is 0.652. The predicted octanol–water partition coefficient (Wildman–Crippen LogP) is 2.53. The number of aromatic carboxylic acids is 1. The first-order valence-corrected chi connectivity index (χ1v) is 9.25. The van der Waals surface area contributed by atoms with Crippen LogP contribution >= 0.6 is 0 Å². The molecule has 0 radical (unpaired) electrons. The molecule has 0 aliphatic carbocycles. The van der Waals surface area contributed by atoms with Gasteiger partial charge in [-0.3, -0.25) is 0 Å². The van der Waals surface area contributed by atoms with Gasteiger partial charge in [0.2, 0.25) is 5.95 Å². The number of benzene rings is 1. The molecule has 1 aromatic carbocycles. The first-order valence-electron chi connectivity index (χ1n) is 7.70. The third kappa shape index (κ3) is 3.65. The standard InChI is InChI=1S/C15H13F3N4O5S/c1-7(2)28(25,26)12-4-10-9(3-11(12)27-15(16,17)18)20-14(21-10)22-6-8(5-19-22)13(23)24/h3-7H,1-2H3,(H,20,21)(H,23,24). The summed E-state index contributed by atoms with van der Waals surface area (Å²) >= 11 is 0. The summed E-state index contributed by atoms with van der Waals surface area (Å²) in [6.07, 6.45) is -2.91. The number of hydrogen-bond acceptors (Lipinski definition) is 6. The van der Waals surface area contributed by atoms with Crippen LogP contribution in [0.1, 0.15) is 24.2 Å². The number of ether oxygens (including phenoxy) is 1.